The van der Waals surface area contributed by atoms with E-state index in [2.05, 4.69) is 9.97 Å². The largest absolute Gasteiger partial charge is 0.497 e. The maximum absolute atomic E-state index is 13.1. The summed E-state index contributed by atoms with van der Waals surface area (Å²) in [4.78, 5) is 23.8. The minimum atomic E-state index is -0.187. The lowest BCUT2D eigenvalue weighted by Crippen LogP contribution is -2.34. The number of anilines is 1. The molecule has 4 rings (SSSR count). The molecule has 2 aromatic carbocycles. The minimum absolute atomic E-state index is 0.0878. The highest BCUT2D eigenvalue weighted by Crippen LogP contribution is 2.32. The van der Waals surface area contributed by atoms with Crippen molar-refractivity contribution in [2.24, 2.45) is 0 Å². The highest BCUT2D eigenvalue weighted by molar-refractivity contribution is 7.22. The molecule has 0 spiro atoms. The molecule has 0 saturated carbocycles. The van der Waals surface area contributed by atoms with E-state index in [4.69, 9.17) is 9.47 Å². The molecule has 0 bridgehead atoms. The minimum Gasteiger partial charge on any atom is -0.497 e. The highest BCUT2D eigenvalue weighted by atomic mass is 32.1. The number of fused-ring (bicyclic) bond motifs is 1. The Morgan fingerprint density at radius 1 is 1.07 bits per heavy atom. The highest BCUT2D eigenvalue weighted by Gasteiger charge is 2.21. The summed E-state index contributed by atoms with van der Waals surface area (Å²) in [6.07, 6.45) is 1.71. The summed E-state index contributed by atoms with van der Waals surface area (Å²) < 4.78 is 12.0. The number of nitrogens with zero attached hydrogens (tertiary/aromatic N) is 3. The van der Waals surface area contributed by atoms with Gasteiger partial charge in [-0.3, -0.25) is 14.7 Å². The van der Waals surface area contributed by atoms with Gasteiger partial charge in [0.1, 0.15) is 11.5 Å². The van der Waals surface area contributed by atoms with Gasteiger partial charge in [0.25, 0.3) is 5.91 Å². The second-order valence-corrected chi connectivity index (χ2v) is 7.75. The number of methoxy groups -OCH3 is 1. The summed E-state index contributed by atoms with van der Waals surface area (Å²) in [5.41, 5.74) is 2.64. The summed E-state index contributed by atoms with van der Waals surface area (Å²) in [7, 11) is 1.62. The van der Waals surface area contributed by atoms with Gasteiger partial charge in [0.2, 0.25) is 0 Å². The van der Waals surface area contributed by atoms with Crippen molar-refractivity contribution in [2.45, 2.75) is 13.5 Å². The van der Waals surface area contributed by atoms with Crippen LogP contribution in [0.2, 0.25) is 0 Å². The maximum Gasteiger partial charge on any atom is 0.267 e. The molecule has 2 aromatic heterocycles. The normalized spacial score (nSPS) is 10.7. The summed E-state index contributed by atoms with van der Waals surface area (Å²) in [5.74, 6) is 1.20. The van der Waals surface area contributed by atoms with Gasteiger partial charge in [-0.2, -0.15) is 0 Å². The zero-order valence-corrected chi connectivity index (χ0v) is 17.6. The Labute approximate surface area is 178 Å². The number of carbonyl (C=O) groups excluding carboxylic acids is 1. The Morgan fingerprint density at radius 3 is 2.73 bits per heavy atom. The van der Waals surface area contributed by atoms with Crippen LogP contribution in [0.25, 0.3) is 10.2 Å². The molecule has 0 fully saturated rings. The van der Waals surface area contributed by atoms with Gasteiger partial charge in [-0.15, -0.1) is 0 Å². The fraction of sp³-hybridized carbons (Fsp3) is 0.174. The molecular formula is C23H21N3O3S. The topological polar surface area (TPSA) is 64.5 Å². The molecule has 6 nitrogen and oxygen atoms in total. The van der Waals surface area contributed by atoms with Crippen molar-refractivity contribution < 1.29 is 14.3 Å². The first kappa shape index (κ1) is 19.8. The average molecular weight is 420 g/mol. The van der Waals surface area contributed by atoms with Crippen molar-refractivity contribution in [3.05, 3.63) is 78.1 Å². The lowest BCUT2D eigenvalue weighted by atomic mass is 10.2. The van der Waals surface area contributed by atoms with E-state index in [0.29, 0.717) is 17.4 Å². The van der Waals surface area contributed by atoms with E-state index >= 15 is 0 Å². The van der Waals surface area contributed by atoms with Gasteiger partial charge in [-0.1, -0.05) is 29.5 Å². The van der Waals surface area contributed by atoms with Gasteiger partial charge in [0.15, 0.2) is 11.7 Å². The van der Waals surface area contributed by atoms with Gasteiger partial charge in [0.05, 0.1) is 29.6 Å². The van der Waals surface area contributed by atoms with Crippen molar-refractivity contribution in [3.8, 4) is 11.5 Å². The number of hydrogen-bond donors (Lipinski definition) is 0. The van der Waals surface area contributed by atoms with E-state index in [1.165, 1.54) is 11.3 Å². The lowest BCUT2D eigenvalue weighted by molar-refractivity contribution is -0.120. The van der Waals surface area contributed by atoms with Crippen LogP contribution in [0.15, 0.2) is 66.9 Å². The van der Waals surface area contributed by atoms with Crippen LogP contribution in [0.3, 0.4) is 0 Å². The molecular weight excluding hydrogens is 398 g/mol. The number of amides is 1. The third-order valence-corrected chi connectivity index (χ3v) is 5.57. The summed E-state index contributed by atoms with van der Waals surface area (Å²) >= 11 is 1.45. The number of aromatic nitrogens is 2. The monoisotopic (exact) mass is 419 g/mol. The quantitative estimate of drug-likeness (QED) is 0.437. The standard InChI is InChI=1S/C23H21N3O3S/c1-16-6-5-8-19(12-16)29-15-22(27)26(14-17-7-3-4-11-24-17)23-25-20-13-18(28-2)9-10-21(20)30-23/h3-13H,14-15H2,1-2H3. The molecule has 4 aromatic rings. The lowest BCUT2D eigenvalue weighted by Gasteiger charge is -2.19. The van der Waals surface area contributed by atoms with Crippen molar-refractivity contribution in [1.82, 2.24) is 9.97 Å². The Hall–Kier alpha value is -3.45. The van der Waals surface area contributed by atoms with E-state index in [1.54, 1.807) is 18.2 Å². The molecule has 0 N–H and O–H groups in total. The number of thiazole rings is 1. The van der Waals surface area contributed by atoms with Gasteiger partial charge in [0, 0.05) is 12.3 Å². The Bertz CT molecular complexity index is 1160. The molecule has 1 amide bonds. The van der Waals surface area contributed by atoms with Crippen LogP contribution in [-0.2, 0) is 11.3 Å². The van der Waals surface area contributed by atoms with Crippen LogP contribution in [0.1, 0.15) is 11.3 Å². The van der Waals surface area contributed by atoms with Crippen LogP contribution < -0.4 is 14.4 Å². The molecule has 0 unspecified atom stereocenters. The Balaban J connectivity index is 1.61. The predicted molar refractivity (Wildman–Crippen MR) is 118 cm³/mol. The van der Waals surface area contributed by atoms with Crippen LogP contribution in [0.5, 0.6) is 11.5 Å². The first-order chi connectivity index (χ1) is 14.6. The van der Waals surface area contributed by atoms with E-state index in [0.717, 1.165) is 27.2 Å². The number of pyridine rings is 1. The Morgan fingerprint density at radius 2 is 1.97 bits per heavy atom. The van der Waals surface area contributed by atoms with Gasteiger partial charge >= 0.3 is 0 Å². The first-order valence-corrected chi connectivity index (χ1v) is 10.3. The van der Waals surface area contributed by atoms with Gasteiger partial charge in [-0.05, 0) is 48.9 Å². The number of benzene rings is 2. The fourth-order valence-electron chi connectivity index (χ4n) is 2.98. The fourth-order valence-corrected chi connectivity index (χ4v) is 3.94. The van der Waals surface area contributed by atoms with Gasteiger partial charge in [-0.25, -0.2) is 4.98 Å². The summed E-state index contributed by atoms with van der Waals surface area (Å²) in [5, 5.41) is 0.599. The van der Waals surface area contributed by atoms with Crippen LogP contribution in [0, 0.1) is 6.92 Å². The number of ether oxygens (including phenoxy) is 2. The van der Waals surface area contributed by atoms with Crippen molar-refractivity contribution in [2.75, 3.05) is 18.6 Å². The molecule has 0 aliphatic rings. The molecule has 0 aliphatic heterocycles. The third-order valence-electron chi connectivity index (χ3n) is 4.51. The molecule has 0 saturated heterocycles. The van der Waals surface area contributed by atoms with E-state index in [9.17, 15) is 4.79 Å². The zero-order valence-electron chi connectivity index (χ0n) is 16.7. The maximum atomic E-state index is 13.1. The number of aryl methyl sites for hydroxylation is 1. The van der Waals surface area contributed by atoms with Crippen LogP contribution in [0.4, 0.5) is 5.13 Å². The summed E-state index contributed by atoms with van der Waals surface area (Å²) in [6.45, 7) is 2.21. The number of carbonyl (C=O) groups is 1. The van der Waals surface area contributed by atoms with Crippen LogP contribution >= 0.6 is 11.3 Å². The van der Waals surface area contributed by atoms with Crippen molar-refractivity contribution in [1.29, 1.82) is 0 Å². The second kappa shape index (κ2) is 8.92. The third kappa shape index (κ3) is 4.58. The van der Waals surface area contributed by atoms with Gasteiger partial charge < -0.3 is 9.47 Å². The average Bonchev–Trinajstić information content (AvgIpc) is 3.19. The number of hydrogen-bond acceptors (Lipinski definition) is 6. The van der Waals surface area contributed by atoms with E-state index < -0.39 is 0 Å². The zero-order chi connectivity index (χ0) is 20.9. The smallest absolute Gasteiger partial charge is 0.267 e. The molecule has 2 heterocycles. The van der Waals surface area contributed by atoms with Crippen molar-refractivity contribution >= 4 is 32.6 Å². The predicted octanol–water partition coefficient (Wildman–Crippen LogP) is 4.62. The number of rotatable bonds is 7. The SMILES string of the molecule is COc1ccc2sc(N(Cc3ccccn3)C(=O)COc3cccc(C)c3)nc2c1. The molecule has 30 heavy (non-hydrogen) atoms. The van der Waals surface area contributed by atoms with E-state index in [1.807, 2.05) is 67.6 Å². The molecule has 152 valence electrons. The molecule has 7 heteroatoms. The molecule has 0 aliphatic carbocycles. The van der Waals surface area contributed by atoms with E-state index in [-0.39, 0.29) is 12.5 Å². The second-order valence-electron chi connectivity index (χ2n) is 6.74. The van der Waals surface area contributed by atoms with Crippen molar-refractivity contribution in [3.63, 3.8) is 0 Å². The van der Waals surface area contributed by atoms with Crippen LogP contribution in [-0.4, -0.2) is 29.6 Å². The summed E-state index contributed by atoms with van der Waals surface area (Å²) in [6, 6.07) is 19.0. The molecule has 0 atom stereocenters. The Kier molecular flexibility index (Phi) is 5.90. The molecule has 0 radical (unpaired) electrons. The first-order valence-electron chi connectivity index (χ1n) is 9.47.